The second kappa shape index (κ2) is 7.65. The normalized spacial score (nSPS) is 14.6. The van der Waals surface area contributed by atoms with E-state index in [9.17, 15) is 10.1 Å². The zero-order valence-corrected chi connectivity index (χ0v) is 14.4. The number of hydrogen-bond acceptors (Lipinski definition) is 5. The van der Waals surface area contributed by atoms with Crippen LogP contribution in [0.5, 0.6) is 0 Å². The predicted molar refractivity (Wildman–Crippen MR) is 94.0 cm³/mol. The van der Waals surface area contributed by atoms with Gasteiger partial charge in [0, 0.05) is 18.5 Å². The molecule has 0 radical (unpaired) electrons. The average Bonchev–Trinajstić information content (AvgIpc) is 2.65. The molecule has 6 heteroatoms. The monoisotopic (exact) mass is 341 g/mol. The van der Waals surface area contributed by atoms with E-state index in [2.05, 4.69) is 30.1 Å². The van der Waals surface area contributed by atoms with Crippen LogP contribution in [0.25, 0.3) is 10.9 Å². The summed E-state index contributed by atoms with van der Waals surface area (Å²) in [4.78, 5) is 18.6. The predicted octanol–water partition coefficient (Wildman–Crippen LogP) is 2.62. The Hall–Kier alpha value is -2.10. The van der Waals surface area contributed by atoms with Gasteiger partial charge in [0.15, 0.2) is 0 Å². The van der Waals surface area contributed by atoms with E-state index in [-0.39, 0.29) is 5.91 Å². The zero-order valence-electron chi connectivity index (χ0n) is 13.6. The zero-order chi connectivity index (χ0) is 16.9. The lowest BCUT2D eigenvalue weighted by molar-refractivity contribution is -0.132. The molecule has 124 valence electrons. The lowest BCUT2D eigenvalue weighted by Crippen LogP contribution is -2.41. The third-order valence-corrected chi connectivity index (χ3v) is 5.04. The highest BCUT2D eigenvalue weighted by molar-refractivity contribution is 8.00. The summed E-state index contributed by atoms with van der Waals surface area (Å²) in [7, 11) is 0. The molecule has 3 rings (SSSR count). The van der Waals surface area contributed by atoms with Gasteiger partial charge in [-0.15, -0.1) is 0 Å². The lowest BCUT2D eigenvalue weighted by Gasteiger charge is -2.26. The standard InChI is InChI=1S/C18H19N3O2S/c1-2-13-3-4-16-14(9-13)10-15(11-19)18(20-16)24-12-17(22)21-5-7-23-8-6-21/h3-4,9-10H,2,5-8,12H2,1H3. The number of nitriles is 1. The highest BCUT2D eigenvalue weighted by Crippen LogP contribution is 2.25. The number of aromatic nitrogens is 1. The highest BCUT2D eigenvalue weighted by Gasteiger charge is 2.18. The molecule has 5 nitrogen and oxygen atoms in total. The summed E-state index contributed by atoms with van der Waals surface area (Å²) in [6.45, 7) is 4.55. The minimum atomic E-state index is 0.0652. The maximum absolute atomic E-state index is 12.3. The minimum Gasteiger partial charge on any atom is -0.378 e. The van der Waals surface area contributed by atoms with Crippen LogP contribution < -0.4 is 0 Å². The summed E-state index contributed by atoms with van der Waals surface area (Å²) in [6.07, 6.45) is 0.947. The first kappa shape index (κ1) is 16.7. The number of aryl methyl sites for hydroxylation is 1. The maximum Gasteiger partial charge on any atom is 0.233 e. The third kappa shape index (κ3) is 3.69. The Bertz CT molecular complexity index is 795. The van der Waals surface area contributed by atoms with Crippen LogP contribution in [-0.4, -0.2) is 47.8 Å². The number of rotatable bonds is 4. The molecule has 0 saturated carbocycles. The molecular formula is C18H19N3O2S. The second-order valence-electron chi connectivity index (χ2n) is 5.62. The van der Waals surface area contributed by atoms with Gasteiger partial charge in [0.05, 0.1) is 30.0 Å². The number of ether oxygens (including phenoxy) is 1. The molecule has 2 heterocycles. The van der Waals surface area contributed by atoms with Crippen molar-refractivity contribution < 1.29 is 9.53 Å². The Balaban J connectivity index is 1.78. The Morgan fingerprint density at radius 3 is 2.88 bits per heavy atom. The van der Waals surface area contributed by atoms with Gasteiger partial charge in [-0.1, -0.05) is 24.8 Å². The summed E-state index contributed by atoms with van der Waals surface area (Å²) in [5.74, 6) is 0.357. The smallest absolute Gasteiger partial charge is 0.233 e. The van der Waals surface area contributed by atoms with Crippen molar-refractivity contribution in [3.63, 3.8) is 0 Å². The van der Waals surface area contributed by atoms with E-state index < -0.39 is 0 Å². The molecule has 0 N–H and O–H groups in total. The Morgan fingerprint density at radius 2 is 2.17 bits per heavy atom. The average molecular weight is 341 g/mol. The van der Waals surface area contributed by atoms with Crippen molar-refractivity contribution >= 4 is 28.6 Å². The van der Waals surface area contributed by atoms with Crippen molar-refractivity contribution in [1.29, 1.82) is 5.26 Å². The minimum absolute atomic E-state index is 0.0652. The van der Waals surface area contributed by atoms with E-state index in [1.165, 1.54) is 17.3 Å². The van der Waals surface area contributed by atoms with Crippen molar-refractivity contribution in [2.75, 3.05) is 32.1 Å². The van der Waals surface area contributed by atoms with E-state index in [1.54, 1.807) is 4.90 Å². The van der Waals surface area contributed by atoms with E-state index in [1.807, 2.05) is 12.1 Å². The highest BCUT2D eigenvalue weighted by atomic mass is 32.2. The molecule has 1 aliphatic heterocycles. The van der Waals surface area contributed by atoms with Crippen LogP contribution in [0.3, 0.4) is 0 Å². The van der Waals surface area contributed by atoms with Crippen LogP contribution in [0.2, 0.25) is 0 Å². The van der Waals surface area contributed by atoms with Gasteiger partial charge in [0.2, 0.25) is 5.91 Å². The first-order valence-electron chi connectivity index (χ1n) is 8.03. The van der Waals surface area contributed by atoms with Crippen LogP contribution in [0, 0.1) is 11.3 Å². The Kier molecular flexibility index (Phi) is 5.34. The quantitative estimate of drug-likeness (QED) is 0.800. The lowest BCUT2D eigenvalue weighted by atomic mass is 10.1. The SMILES string of the molecule is CCc1ccc2nc(SCC(=O)N3CCOCC3)c(C#N)cc2c1. The molecule has 1 amide bonds. The summed E-state index contributed by atoms with van der Waals surface area (Å²) in [6, 6.07) is 10.2. The van der Waals surface area contributed by atoms with E-state index in [0.717, 1.165) is 17.3 Å². The number of morpholine rings is 1. The fourth-order valence-corrected chi connectivity index (χ4v) is 3.52. The number of nitrogens with zero attached hydrogens (tertiary/aromatic N) is 3. The van der Waals surface area contributed by atoms with Gasteiger partial charge in [-0.25, -0.2) is 4.98 Å². The van der Waals surface area contributed by atoms with Crippen LogP contribution in [-0.2, 0) is 16.0 Å². The molecule has 1 aromatic heterocycles. The molecule has 0 aliphatic carbocycles. The van der Waals surface area contributed by atoms with Gasteiger partial charge in [-0.05, 0) is 30.2 Å². The number of fused-ring (bicyclic) bond motifs is 1. The number of benzene rings is 1. The number of amides is 1. The van der Waals surface area contributed by atoms with Crippen molar-refractivity contribution in [3.8, 4) is 6.07 Å². The summed E-state index contributed by atoms with van der Waals surface area (Å²) in [5, 5.41) is 11.0. The van der Waals surface area contributed by atoms with Crippen LogP contribution in [0.4, 0.5) is 0 Å². The van der Waals surface area contributed by atoms with E-state index in [0.29, 0.717) is 42.6 Å². The molecule has 0 bridgehead atoms. The fraction of sp³-hybridized carbons (Fsp3) is 0.389. The number of carbonyl (C=O) groups is 1. The van der Waals surface area contributed by atoms with Gasteiger partial charge in [0.25, 0.3) is 0 Å². The van der Waals surface area contributed by atoms with Gasteiger partial charge < -0.3 is 9.64 Å². The second-order valence-corrected chi connectivity index (χ2v) is 6.58. The molecule has 1 saturated heterocycles. The molecule has 0 unspecified atom stereocenters. The summed E-state index contributed by atoms with van der Waals surface area (Å²) < 4.78 is 5.26. The Labute approximate surface area is 145 Å². The molecule has 1 fully saturated rings. The number of hydrogen-bond donors (Lipinski definition) is 0. The first-order chi connectivity index (χ1) is 11.7. The van der Waals surface area contributed by atoms with Crippen LogP contribution >= 0.6 is 11.8 Å². The largest absolute Gasteiger partial charge is 0.378 e. The van der Waals surface area contributed by atoms with Gasteiger partial charge in [0.1, 0.15) is 11.1 Å². The Morgan fingerprint density at radius 1 is 1.38 bits per heavy atom. The molecule has 0 atom stereocenters. The van der Waals surface area contributed by atoms with Crippen molar-refractivity contribution in [1.82, 2.24) is 9.88 Å². The van der Waals surface area contributed by atoms with Crippen LogP contribution in [0.1, 0.15) is 18.1 Å². The van der Waals surface area contributed by atoms with Gasteiger partial charge in [-0.2, -0.15) is 5.26 Å². The van der Waals surface area contributed by atoms with Gasteiger partial charge >= 0.3 is 0 Å². The maximum atomic E-state index is 12.3. The van der Waals surface area contributed by atoms with Crippen molar-refractivity contribution in [2.45, 2.75) is 18.4 Å². The topological polar surface area (TPSA) is 66.2 Å². The molecule has 0 spiro atoms. The number of thioether (sulfide) groups is 1. The van der Waals surface area contributed by atoms with Gasteiger partial charge in [-0.3, -0.25) is 4.79 Å². The molecule has 1 aromatic carbocycles. The molecule has 24 heavy (non-hydrogen) atoms. The summed E-state index contributed by atoms with van der Waals surface area (Å²) >= 11 is 1.33. The van der Waals surface area contributed by atoms with Crippen molar-refractivity contribution in [2.24, 2.45) is 0 Å². The molecule has 1 aliphatic rings. The number of carbonyl (C=O) groups excluding carboxylic acids is 1. The number of pyridine rings is 1. The fourth-order valence-electron chi connectivity index (χ4n) is 2.65. The van der Waals surface area contributed by atoms with Crippen molar-refractivity contribution in [3.05, 3.63) is 35.4 Å². The van der Waals surface area contributed by atoms with E-state index >= 15 is 0 Å². The first-order valence-corrected chi connectivity index (χ1v) is 9.02. The molecular weight excluding hydrogens is 322 g/mol. The third-order valence-electron chi connectivity index (χ3n) is 4.07. The van der Waals surface area contributed by atoms with Crippen LogP contribution in [0.15, 0.2) is 29.3 Å². The summed E-state index contributed by atoms with van der Waals surface area (Å²) in [5.41, 5.74) is 2.60. The molecule has 2 aromatic rings. The van der Waals surface area contributed by atoms with E-state index in [4.69, 9.17) is 4.74 Å².